The lowest BCUT2D eigenvalue weighted by Gasteiger charge is -2.16. The van der Waals surface area contributed by atoms with Gasteiger partial charge in [0.05, 0.1) is 5.56 Å². The van der Waals surface area contributed by atoms with Crippen molar-refractivity contribution in [1.29, 1.82) is 0 Å². The molecule has 0 saturated heterocycles. The fourth-order valence-electron chi connectivity index (χ4n) is 1.87. The highest BCUT2D eigenvalue weighted by atomic mass is 79.9. The van der Waals surface area contributed by atoms with Crippen LogP contribution in [0.3, 0.4) is 0 Å². The van der Waals surface area contributed by atoms with Gasteiger partial charge in [-0.05, 0) is 31.3 Å². The Kier molecular flexibility index (Phi) is 4.90. The van der Waals surface area contributed by atoms with Crippen LogP contribution in [0, 0.1) is 0 Å². The first-order chi connectivity index (χ1) is 9.91. The van der Waals surface area contributed by atoms with Crippen LogP contribution in [0.4, 0.5) is 13.2 Å². The topological polar surface area (TPSA) is 21.3 Å². The number of rotatable bonds is 4. The van der Waals surface area contributed by atoms with Crippen LogP contribution < -0.4 is 10.1 Å². The molecule has 0 saturated carbocycles. The standard InChI is InChI=1S/C15H13BrF3NO/c1-20-9-10-4-2-3-5-13(10)21-14-8-11(16)6-7-12(14)15(17,18)19/h2-8,20H,9H2,1H3. The third-order valence-corrected chi connectivity index (χ3v) is 3.30. The van der Waals surface area contributed by atoms with Crippen molar-refractivity contribution in [2.75, 3.05) is 7.05 Å². The van der Waals surface area contributed by atoms with E-state index < -0.39 is 11.7 Å². The first-order valence-corrected chi connectivity index (χ1v) is 6.98. The summed E-state index contributed by atoms with van der Waals surface area (Å²) in [6.45, 7) is 0.505. The number of alkyl halides is 3. The van der Waals surface area contributed by atoms with Crippen molar-refractivity contribution in [2.24, 2.45) is 0 Å². The zero-order valence-corrected chi connectivity index (χ0v) is 12.8. The van der Waals surface area contributed by atoms with Gasteiger partial charge in [-0.3, -0.25) is 0 Å². The maximum Gasteiger partial charge on any atom is 0.419 e. The molecule has 2 aromatic carbocycles. The Morgan fingerprint density at radius 1 is 1.10 bits per heavy atom. The summed E-state index contributed by atoms with van der Waals surface area (Å²) >= 11 is 3.17. The minimum atomic E-state index is -4.46. The van der Waals surface area contributed by atoms with Gasteiger partial charge in [-0.2, -0.15) is 13.2 Å². The summed E-state index contributed by atoms with van der Waals surface area (Å²) in [4.78, 5) is 0. The molecule has 6 heteroatoms. The summed E-state index contributed by atoms with van der Waals surface area (Å²) in [5.74, 6) is 0.177. The molecule has 0 spiro atoms. The molecule has 0 bridgehead atoms. The van der Waals surface area contributed by atoms with Gasteiger partial charge < -0.3 is 10.1 Å². The number of benzene rings is 2. The second-order valence-electron chi connectivity index (χ2n) is 4.38. The fourth-order valence-corrected chi connectivity index (χ4v) is 2.21. The SMILES string of the molecule is CNCc1ccccc1Oc1cc(Br)ccc1C(F)(F)F. The molecule has 21 heavy (non-hydrogen) atoms. The van der Waals surface area contributed by atoms with Crippen LogP contribution in [0.15, 0.2) is 46.9 Å². The number of ether oxygens (including phenoxy) is 1. The number of hydrogen-bond acceptors (Lipinski definition) is 2. The van der Waals surface area contributed by atoms with Gasteiger partial charge in [-0.15, -0.1) is 0 Å². The minimum absolute atomic E-state index is 0.222. The summed E-state index contributed by atoms with van der Waals surface area (Å²) in [7, 11) is 1.76. The van der Waals surface area contributed by atoms with E-state index in [9.17, 15) is 13.2 Å². The first kappa shape index (κ1) is 15.9. The van der Waals surface area contributed by atoms with Crippen LogP contribution in [-0.2, 0) is 12.7 Å². The Labute approximate surface area is 129 Å². The van der Waals surface area contributed by atoms with Gasteiger partial charge in [-0.25, -0.2) is 0 Å². The van der Waals surface area contributed by atoms with Gasteiger partial charge in [0.1, 0.15) is 11.5 Å². The van der Waals surface area contributed by atoms with Crippen LogP contribution in [0.5, 0.6) is 11.5 Å². The van der Waals surface area contributed by atoms with E-state index in [1.807, 2.05) is 6.07 Å². The van der Waals surface area contributed by atoms with Crippen molar-refractivity contribution in [3.8, 4) is 11.5 Å². The molecule has 0 amide bonds. The number of nitrogens with one attached hydrogen (secondary N) is 1. The molecule has 112 valence electrons. The normalized spacial score (nSPS) is 11.5. The van der Waals surface area contributed by atoms with Crippen molar-refractivity contribution in [2.45, 2.75) is 12.7 Å². The lowest BCUT2D eigenvalue weighted by molar-refractivity contribution is -0.138. The second kappa shape index (κ2) is 6.49. The lowest BCUT2D eigenvalue weighted by Crippen LogP contribution is -2.09. The van der Waals surface area contributed by atoms with E-state index >= 15 is 0 Å². The highest BCUT2D eigenvalue weighted by molar-refractivity contribution is 9.10. The Morgan fingerprint density at radius 3 is 2.48 bits per heavy atom. The van der Waals surface area contributed by atoms with Gasteiger partial charge in [0.2, 0.25) is 0 Å². The molecule has 2 nitrogen and oxygen atoms in total. The number of hydrogen-bond donors (Lipinski definition) is 1. The zero-order valence-electron chi connectivity index (χ0n) is 11.2. The van der Waals surface area contributed by atoms with E-state index in [0.29, 0.717) is 16.8 Å². The first-order valence-electron chi connectivity index (χ1n) is 6.19. The molecular weight excluding hydrogens is 347 g/mol. The van der Waals surface area contributed by atoms with Crippen LogP contribution >= 0.6 is 15.9 Å². The van der Waals surface area contributed by atoms with Crippen molar-refractivity contribution < 1.29 is 17.9 Å². The Bertz CT molecular complexity index is 629. The highest BCUT2D eigenvalue weighted by Crippen LogP contribution is 2.40. The maximum absolute atomic E-state index is 13.0. The molecule has 0 aromatic heterocycles. The van der Waals surface area contributed by atoms with Gasteiger partial charge in [0, 0.05) is 16.6 Å². The van der Waals surface area contributed by atoms with Gasteiger partial charge in [-0.1, -0.05) is 34.1 Å². The molecule has 2 aromatic rings. The average molecular weight is 360 g/mol. The Morgan fingerprint density at radius 2 is 1.81 bits per heavy atom. The molecule has 0 aliphatic heterocycles. The third kappa shape index (κ3) is 3.98. The third-order valence-electron chi connectivity index (χ3n) is 2.81. The monoisotopic (exact) mass is 359 g/mol. The molecular formula is C15H13BrF3NO. The predicted molar refractivity (Wildman–Crippen MR) is 78.4 cm³/mol. The number of para-hydroxylation sites is 1. The molecule has 0 radical (unpaired) electrons. The van der Waals surface area contributed by atoms with Crippen molar-refractivity contribution in [3.05, 3.63) is 58.1 Å². The van der Waals surface area contributed by atoms with Crippen molar-refractivity contribution in [3.63, 3.8) is 0 Å². The van der Waals surface area contributed by atoms with Crippen LogP contribution in [-0.4, -0.2) is 7.05 Å². The summed E-state index contributed by atoms with van der Waals surface area (Å²) in [5.41, 5.74) is -0.0157. The second-order valence-corrected chi connectivity index (χ2v) is 5.29. The van der Waals surface area contributed by atoms with E-state index in [0.717, 1.165) is 11.6 Å². The molecule has 2 rings (SSSR count). The molecule has 0 unspecified atom stereocenters. The fraction of sp³-hybridized carbons (Fsp3) is 0.200. The largest absolute Gasteiger partial charge is 0.456 e. The average Bonchev–Trinajstić information content (AvgIpc) is 2.40. The molecule has 1 N–H and O–H groups in total. The molecule has 0 aliphatic carbocycles. The Balaban J connectivity index is 2.42. The smallest absolute Gasteiger partial charge is 0.419 e. The van der Waals surface area contributed by atoms with Crippen molar-refractivity contribution >= 4 is 15.9 Å². The van der Waals surface area contributed by atoms with E-state index in [2.05, 4.69) is 21.2 Å². The lowest BCUT2D eigenvalue weighted by atomic mass is 10.1. The predicted octanol–water partition coefficient (Wildman–Crippen LogP) is 4.98. The Hall–Kier alpha value is -1.53. The zero-order chi connectivity index (χ0) is 15.5. The summed E-state index contributed by atoms with van der Waals surface area (Å²) in [5, 5.41) is 2.95. The van der Waals surface area contributed by atoms with Crippen LogP contribution in [0.2, 0.25) is 0 Å². The van der Waals surface area contributed by atoms with E-state index in [1.54, 1.807) is 25.2 Å². The molecule has 0 aliphatic rings. The molecule has 0 heterocycles. The highest BCUT2D eigenvalue weighted by Gasteiger charge is 2.34. The van der Waals surface area contributed by atoms with Gasteiger partial charge in [0.25, 0.3) is 0 Å². The van der Waals surface area contributed by atoms with E-state index in [-0.39, 0.29) is 5.75 Å². The summed E-state index contributed by atoms with van der Waals surface area (Å²) in [6.07, 6.45) is -4.46. The number of halogens is 4. The molecule has 0 fully saturated rings. The van der Waals surface area contributed by atoms with E-state index in [1.165, 1.54) is 12.1 Å². The minimum Gasteiger partial charge on any atom is -0.456 e. The van der Waals surface area contributed by atoms with Crippen LogP contribution in [0.25, 0.3) is 0 Å². The van der Waals surface area contributed by atoms with Crippen molar-refractivity contribution in [1.82, 2.24) is 5.32 Å². The van der Waals surface area contributed by atoms with Gasteiger partial charge in [0.15, 0.2) is 0 Å². The van der Waals surface area contributed by atoms with E-state index in [4.69, 9.17) is 4.74 Å². The summed E-state index contributed by atoms with van der Waals surface area (Å²) < 4.78 is 45.1. The van der Waals surface area contributed by atoms with Crippen LogP contribution in [0.1, 0.15) is 11.1 Å². The quantitative estimate of drug-likeness (QED) is 0.831. The maximum atomic E-state index is 13.0. The van der Waals surface area contributed by atoms with Gasteiger partial charge >= 0.3 is 6.18 Å². The molecule has 0 atom stereocenters. The summed E-state index contributed by atoms with van der Waals surface area (Å²) in [6, 6.07) is 10.6.